The highest BCUT2D eigenvalue weighted by Gasteiger charge is 2.23. The molecule has 1 amide bonds. The summed E-state index contributed by atoms with van der Waals surface area (Å²) in [6.07, 6.45) is 2.42. The number of hydrogen-bond donors (Lipinski definition) is 1. The average molecular weight is 401 g/mol. The topological polar surface area (TPSA) is 99.7 Å². The molecule has 8 heteroatoms. The highest BCUT2D eigenvalue weighted by Crippen LogP contribution is 2.28. The molecule has 0 aliphatic carbocycles. The number of anilines is 1. The Morgan fingerprint density at radius 1 is 1.27 bits per heavy atom. The molecular weight excluding hydrogens is 378 g/mol. The van der Waals surface area contributed by atoms with Crippen molar-refractivity contribution in [3.63, 3.8) is 0 Å². The quantitative estimate of drug-likeness (QED) is 0.721. The second-order valence-corrected chi connectivity index (χ2v) is 7.67. The van der Waals surface area contributed by atoms with Gasteiger partial charge in [-0.2, -0.15) is 5.26 Å². The van der Waals surface area contributed by atoms with Crippen molar-refractivity contribution in [2.75, 3.05) is 11.4 Å². The number of amides is 1. The van der Waals surface area contributed by atoms with E-state index in [0.717, 1.165) is 36.7 Å². The van der Waals surface area contributed by atoms with Gasteiger partial charge in [0, 0.05) is 25.3 Å². The van der Waals surface area contributed by atoms with Gasteiger partial charge in [-0.1, -0.05) is 17.3 Å². The van der Waals surface area contributed by atoms with Gasteiger partial charge in [-0.25, -0.2) is 9.67 Å². The summed E-state index contributed by atoms with van der Waals surface area (Å²) in [5.41, 5.74) is 4.96. The summed E-state index contributed by atoms with van der Waals surface area (Å²) in [7, 11) is 0. The van der Waals surface area contributed by atoms with E-state index in [0.29, 0.717) is 11.3 Å². The maximum Gasteiger partial charge on any atom is 0.273 e. The summed E-state index contributed by atoms with van der Waals surface area (Å²) in [6, 6.07) is 11.9. The van der Waals surface area contributed by atoms with Gasteiger partial charge >= 0.3 is 0 Å². The molecule has 152 valence electrons. The minimum absolute atomic E-state index is 0.0355. The number of carbonyl (C=O) groups is 1. The number of rotatable bonds is 4. The summed E-state index contributed by atoms with van der Waals surface area (Å²) in [4.78, 5) is 19.0. The fourth-order valence-corrected chi connectivity index (χ4v) is 3.72. The van der Waals surface area contributed by atoms with Crippen molar-refractivity contribution in [2.24, 2.45) is 0 Å². The molecule has 3 heterocycles. The molecule has 0 atom stereocenters. The van der Waals surface area contributed by atoms with Gasteiger partial charge in [0.2, 0.25) is 0 Å². The molecule has 4 rings (SSSR count). The van der Waals surface area contributed by atoms with E-state index in [4.69, 9.17) is 5.26 Å². The molecule has 1 N–H and O–H groups in total. The lowest BCUT2D eigenvalue weighted by atomic mass is 9.97. The monoisotopic (exact) mass is 401 g/mol. The van der Waals surface area contributed by atoms with Gasteiger partial charge in [0.1, 0.15) is 11.9 Å². The van der Waals surface area contributed by atoms with Gasteiger partial charge in [-0.15, -0.1) is 5.10 Å². The Bertz CT molecular complexity index is 1130. The van der Waals surface area contributed by atoms with Crippen LogP contribution in [0, 0.1) is 18.3 Å². The number of nitriles is 1. The predicted molar refractivity (Wildman–Crippen MR) is 112 cm³/mol. The van der Waals surface area contributed by atoms with Gasteiger partial charge in [0.15, 0.2) is 5.69 Å². The van der Waals surface area contributed by atoms with E-state index in [9.17, 15) is 4.79 Å². The second kappa shape index (κ2) is 7.95. The Hall–Kier alpha value is -3.73. The molecule has 0 bridgehead atoms. The number of benzene rings is 1. The van der Waals surface area contributed by atoms with Crippen LogP contribution >= 0.6 is 0 Å². The molecule has 8 nitrogen and oxygen atoms in total. The first-order chi connectivity index (χ1) is 14.5. The largest absolute Gasteiger partial charge is 0.352 e. The lowest BCUT2D eigenvalue weighted by molar-refractivity contribution is 0.0937. The molecule has 0 saturated carbocycles. The Labute approximate surface area is 175 Å². The third-order valence-corrected chi connectivity index (χ3v) is 5.20. The molecule has 0 unspecified atom stereocenters. The van der Waals surface area contributed by atoms with Gasteiger partial charge in [-0.3, -0.25) is 4.79 Å². The number of aromatic nitrogens is 4. The molecule has 2 aromatic heterocycles. The Kier molecular flexibility index (Phi) is 5.19. The molecule has 0 fully saturated rings. The van der Waals surface area contributed by atoms with Gasteiger partial charge in [0.05, 0.1) is 16.9 Å². The molecule has 0 spiro atoms. The van der Waals surface area contributed by atoms with Crippen molar-refractivity contribution in [2.45, 2.75) is 39.8 Å². The van der Waals surface area contributed by atoms with Crippen LogP contribution in [0.5, 0.6) is 0 Å². The van der Waals surface area contributed by atoms with E-state index in [2.05, 4.69) is 37.6 Å². The smallest absolute Gasteiger partial charge is 0.273 e. The zero-order valence-corrected chi connectivity index (χ0v) is 17.3. The third-order valence-electron chi connectivity index (χ3n) is 5.20. The maximum atomic E-state index is 12.4. The van der Waals surface area contributed by atoms with Crippen LogP contribution in [0.4, 0.5) is 5.82 Å². The van der Waals surface area contributed by atoms with Gasteiger partial charge < -0.3 is 10.2 Å². The number of nitrogens with zero attached hydrogens (tertiary/aromatic N) is 6. The van der Waals surface area contributed by atoms with E-state index in [1.807, 2.05) is 39.0 Å². The summed E-state index contributed by atoms with van der Waals surface area (Å²) in [5.74, 6) is 0.645. The molecule has 30 heavy (non-hydrogen) atoms. The summed E-state index contributed by atoms with van der Waals surface area (Å²) < 4.78 is 1.75. The predicted octanol–water partition coefficient (Wildman–Crippen LogP) is 2.54. The van der Waals surface area contributed by atoms with Gasteiger partial charge in [0.25, 0.3) is 5.91 Å². The van der Waals surface area contributed by atoms with Crippen LogP contribution in [0.15, 0.2) is 36.5 Å². The Morgan fingerprint density at radius 3 is 2.80 bits per heavy atom. The number of hydrogen-bond acceptors (Lipinski definition) is 6. The lowest BCUT2D eigenvalue weighted by Gasteiger charge is -2.31. The minimum atomic E-state index is -0.211. The van der Waals surface area contributed by atoms with Gasteiger partial charge in [-0.05, 0) is 56.5 Å². The highest BCUT2D eigenvalue weighted by atomic mass is 16.2. The second-order valence-electron chi connectivity index (χ2n) is 7.67. The van der Waals surface area contributed by atoms with E-state index < -0.39 is 0 Å². The number of nitrogens with one attached hydrogen (secondary N) is 1. The van der Waals surface area contributed by atoms with Crippen LogP contribution in [0.2, 0.25) is 0 Å². The molecule has 1 aliphatic heterocycles. The van der Waals surface area contributed by atoms with Crippen LogP contribution in [0.3, 0.4) is 0 Å². The average Bonchev–Trinajstić information content (AvgIpc) is 3.13. The molecule has 0 radical (unpaired) electrons. The van der Waals surface area contributed by atoms with Crippen LogP contribution in [0.25, 0.3) is 5.69 Å². The van der Waals surface area contributed by atoms with Crippen LogP contribution in [-0.4, -0.2) is 38.5 Å². The highest BCUT2D eigenvalue weighted by molar-refractivity contribution is 5.93. The zero-order chi connectivity index (χ0) is 21.3. The van der Waals surface area contributed by atoms with Crippen molar-refractivity contribution >= 4 is 11.7 Å². The van der Waals surface area contributed by atoms with E-state index in [1.165, 1.54) is 11.1 Å². The molecular formula is C22H23N7O. The van der Waals surface area contributed by atoms with Crippen molar-refractivity contribution in [1.82, 2.24) is 25.3 Å². The third kappa shape index (κ3) is 3.62. The number of fused-ring (bicyclic) bond motifs is 1. The van der Waals surface area contributed by atoms with E-state index in [1.54, 1.807) is 16.9 Å². The minimum Gasteiger partial charge on any atom is -0.352 e. The van der Waals surface area contributed by atoms with Crippen molar-refractivity contribution in [3.05, 3.63) is 64.6 Å². The number of carbonyl (C=O) groups excluding carboxylic acids is 1. The Balaban J connectivity index is 1.63. The first-order valence-electron chi connectivity index (χ1n) is 9.93. The fraction of sp³-hybridized carbons (Fsp3) is 0.318. The van der Waals surface area contributed by atoms with Crippen LogP contribution in [0.1, 0.15) is 46.7 Å². The van der Waals surface area contributed by atoms with Crippen molar-refractivity contribution in [3.8, 4) is 11.8 Å². The standard InChI is InChI=1S/C22H23N7O/c1-14(2)25-22(30)21-15(3)29(27-26-21)19-6-4-5-17-13-28(10-9-18(17)19)20-8-7-16(11-23)12-24-20/h4-8,12,14H,9-10,13H2,1-3H3,(H,25,30). The first-order valence-corrected chi connectivity index (χ1v) is 9.93. The maximum absolute atomic E-state index is 12.4. The van der Waals surface area contributed by atoms with Crippen molar-refractivity contribution < 1.29 is 4.79 Å². The SMILES string of the molecule is Cc1c(C(=O)NC(C)C)nnn1-c1cccc2c1CCN(c1ccc(C#N)cn1)C2. The summed E-state index contributed by atoms with van der Waals surface area (Å²) >= 11 is 0. The van der Waals surface area contributed by atoms with E-state index >= 15 is 0 Å². The first kappa shape index (κ1) is 19.6. The lowest BCUT2D eigenvalue weighted by Crippen LogP contribution is -2.32. The van der Waals surface area contributed by atoms with Crippen molar-refractivity contribution in [1.29, 1.82) is 5.26 Å². The summed E-state index contributed by atoms with van der Waals surface area (Å²) in [5, 5.41) is 20.2. The van der Waals surface area contributed by atoms with Crippen LogP contribution in [-0.2, 0) is 13.0 Å². The van der Waals surface area contributed by atoms with Crippen LogP contribution < -0.4 is 10.2 Å². The number of pyridine rings is 1. The zero-order valence-electron chi connectivity index (χ0n) is 17.3. The Morgan fingerprint density at radius 2 is 2.10 bits per heavy atom. The molecule has 0 saturated heterocycles. The fourth-order valence-electron chi connectivity index (χ4n) is 3.72. The molecule has 1 aromatic carbocycles. The molecule has 3 aromatic rings. The summed E-state index contributed by atoms with van der Waals surface area (Å²) in [6.45, 7) is 7.22. The normalized spacial score (nSPS) is 13.1. The van der Waals surface area contributed by atoms with E-state index in [-0.39, 0.29) is 11.9 Å². The molecule has 1 aliphatic rings.